The van der Waals surface area contributed by atoms with Gasteiger partial charge in [0.2, 0.25) is 10.0 Å². The summed E-state index contributed by atoms with van der Waals surface area (Å²) in [5.74, 6) is 0.170. The number of sulfonamides is 1. The van der Waals surface area contributed by atoms with E-state index in [4.69, 9.17) is 4.42 Å². The molecule has 0 bridgehead atoms. The Morgan fingerprint density at radius 2 is 2.04 bits per heavy atom. The van der Waals surface area contributed by atoms with Crippen molar-refractivity contribution >= 4 is 27.3 Å². The van der Waals surface area contributed by atoms with E-state index in [-0.39, 0.29) is 11.9 Å². The first-order valence-corrected chi connectivity index (χ1v) is 9.67. The standard InChI is InChI=1S/C15H18N2O4S2/c1-11-4-5-14(22-11)23(19,20)16-12-6-8-17(9-7-12)15(18)13-3-2-10-21-13/h2-5,10,12,16H,6-9H2,1H3. The van der Waals surface area contributed by atoms with Gasteiger partial charge in [0.1, 0.15) is 4.21 Å². The van der Waals surface area contributed by atoms with Crippen molar-refractivity contribution in [2.75, 3.05) is 13.1 Å². The molecule has 1 fully saturated rings. The summed E-state index contributed by atoms with van der Waals surface area (Å²) in [6, 6.07) is 6.58. The lowest BCUT2D eigenvalue weighted by Crippen LogP contribution is -2.46. The minimum atomic E-state index is -3.47. The number of nitrogens with zero attached hydrogens (tertiary/aromatic N) is 1. The van der Waals surface area contributed by atoms with E-state index in [0.717, 1.165) is 4.88 Å². The lowest BCUT2D eigenvalue weighted by Gasteiger charge is -2.31. The monoisotopic (exact) mass is 354 g/mol. The number of nitrogens with one attached hydrogen (secondary N) is 1. The van der Waals surface area contributed by atoms with Crippen molar-refractivity contribution in [3.63, 3.8) is 0 Å². The van der Waals surface area contributed by atoms with E-state index in [1.807, 2.05) is 6.92 Å². The number of thiophene rings is 1. The van der Waals surface area contributed by atoms with Crippen LogP contribution in [0.1, 0.15) is 28.3 Å². The molecule has 23 heavy (non-hydrogen) atoms. The van der Waals surface area contributed by atoms with Gasteiger partial charge in [-0.25, -0.2) is 13.1 Å². The third-order valence-corrected chi connectivity index (χ3v) is 6.83. The Hall–Kier alpha value is -1.64. The highest BCUT2D eigenvalue weighted by Gasteiger charge is 2.28. The van der Waals surface area contributed by atoms with Crippen LogP contribution in [0.4, 0.5) is 0 Å². The first-order chi connectivity index (χ1) is 11.0. The fourth-order valence-corrected chi connectivity index (χ4v) is 5.20. The van der Waals surface area contributed by atoms with E-state index in [1.54, 1.807) is 29.2 Å². The van der Waals surface area contributed by atoms with Gasteiger partial charge in [-0.2, -0.15) is 0 Å². The number of amides is 1. The summed E-state index contributed by atoms with van der Waals surface area (Å²) < 4.78 is 32.8. The number of hydrogen-bond donors (Lipinski definition) is 1. The number of hydrogen-bond acceptors (Lipinski definition) is 5. The number of likely N-dealkylation sites (tertiary alicyclic amines) is 1. The molecule has 1 N–H and O–H groups in total. The van der Waals surface area contributed by atoms with Gasteiger partial charge in [0.25, 0.3) is 5.91 Å². The molecular formula is C15H18N2O4S2. The Morgan fingerprint density at radius 3 is 2.61 bits per heavy atom. The Bertz CT molecular complexity index is 772. The van der Waals surface area contributed by atoms with Crippen LogP contribution in [0.3, 0.4) is 0 Å². The maximum Gasteiger partial charge on any atom is 0.289 e. The normalized spacial score (nSPS) is 16.7. The van der Waals surface area contributed by atoms with Crippen LogP contribution in [-0.2, 0) is 10.0 Å². The Morgan fingerprint density at radius 1 is 1.30 bits per heavy atom. The van der Waals surface area contributed by atoms with Crippen LogP contribution >= 0.6 is 11.3 Å². The average Bonchev–Trinajstić information content (AvgIpc) is 3.18. The minimum absolute atomic E-state index is 0.148. The Kier molecular flexibility index (Phi) is 4.56. The predicted molar refractivity (Wildman–Crippen MR) is 87.0 cm³/mol. The molecule has 8 heteroatoms. The van der Waals surface area contributed by atoms with Crippen LogP contribution < -0.4 is 4.72 Å². The molecule has 3 heterocycles. The highest BCUT2D eigenvalue weighted by atomic mass is 32.2. The number of rotatable bonds is 4. The maximum atomic E-state index is 12.3. The number of furan rings is 1. The zero-order chi connectivity index (χ0) is 16.4. The molecule has 1 saturated heterocycles. The van der Waals surface area contributed by atoms with Crippen LogP contribution in [0.5, 0.6) is 0 Å². The molecule has 0 spiro atoms. The summed E-state index contributed by atoms with van der Waals surface area (Å²) in [7, 11) is -3.47. The first kappa shape index (κ1) is 16.2. The zero-order valence-corrected chi connectivity index (χ0v) is 14.3. The number of carbonyl (C=O) groups excluding carboxylic acids is 1. The van der Waals surface area contributed by atoms with Gasteiger partial charge in [0.05, 0.1) is 6.26 Å². The van der Waals surface area contributed by atoms with Crippen molar-refractivity contribution in [2.24, 2.45) is 0 Å². The molecule has 0 unspecified atom stereocenters. The van der Waals surface area contributed by atoms with Gasteiger partial charge in [-0.05, 0) is 44.0 Å². The van der Waals surface area contributed by atoms with Crippen molar-refractivity contribution < 1.29 is 17.6 Å². The molecule has 1 aliphatic rings. The van der Waals surface area contributed by atoms with Crippen molar-refractivity contribution in [1.29, 1.82) is 0 Å². The molecule has 124 valence electrons. The van der Waals surface area contributed by atoms with Gasteiger partial charge in [0.15, 0.2) is 5.76 Å². The summed E-state index contributed by atoms with van der Waals surface area (Å²) >= 11 is 1.26. The fraction of sp³-hybridized carbons (Fsp3) is 0.400. The molecule has 0 saturated carbocycles. The lowest BCUT2D eigenvalue weighted by atomic mass is 10.1. The van der Waals surface area contributed by atoms with Crippen LogP contribution in [0.15, 0.2) is 39.2 Å². The predicted octanol–water partition coefficient (Wildman–Crippen LogP) is 2.23. The van der Waals surface area contributed by atoms with Crippen molar-refractivity contribution in [3.8, 4) is 0 Å². The minimum Gasteiger partial charge on any atom is -0.459 e. The molecule has 1 aliphatic heterocycles. The molecule has 0 aliphatic carbocycles. The maximum absolute atomic E-state index is 12.3. The van der Waals surface area contributed by atoms with Crippen LogP contribution in [-0.4, -0.2) is 38.4 Å². The molecule has 0 radical (unpaired) electrons. The number of piperidine rings is 1. The molecule has 1 amide bonds. The number of carbonyl (C=O) groups is 1. The largest absolute Gasteiger partial charge is 0.459 e. The van der Waals surface area contributed by atoms with Crippen molar-refractivity contribution in [3.05, 3.63) is 41.2 Å². The lowest BCUT2D eigenvalue weighted by molar-refractivity contribution is 0.0679. The second-order valence-corrected chi connectivity index (χ2v) is 8.76. The third-order valence-electron chi connectivity index (χ3n) is 3.82. The molecular weight excluding hydrogens is 336 g/mol. The van der Waals surface area contributed by atoms with E-state index in [0.29, 0.717) is 35.9 Å². The van der Waals surface area contributed by atoms with Gasteiger partial charge < -0.3 is 9.32 Å². The molecule has 3 rings (SSSR count). The Balaban J connectivity index is 1.58. The van der Waals surface area contributed by atoms with Crippen molar-refractivity contribution in [2.45, 2.75) is 30.0 Å². The second kappa shape index (κ2) is 6.46. The second-order valence-electron chi connectivity index (χ2n) is 5.53. The van der Waals surface area contributed by atoms with Crippen LogP contribution in [0, 0.1) is 6.92 Å². The molecule has 0 aromatic carbocycles. The average molecular weight is 354 g/mol. The quantitative estimate of drug-likeness (QED) is 0.913. The summed E-state index contributed by atoms with van der Waals surface area (Å²) in [6.07, 6.45) is 2.66. The van der Waals surface area contributed by atoms with Crippen LogP contribution in [0.25, 0.3) is 0 Å². The van der Waals surface area contributed by atoms with E-state index in [1.165, 1.54) is 17.6 Å². The SMILES string of the molecule is Cc1ccc(S(=O)(=O)NC2CCN(C(=O)c3ccco3)CC2)s1. The topological polar surface area (TPSA) is 79.6 Å². The third kappa shape index (κ3) is 3.65. The van der Waals surface area contributed by atoms with Crippen LogP contribution in [0.2, 0.25) is 0 Å². The number of aryl methyl sites for hydroxylation is 1. The zero-order valence-electron chi connectivity index (χ0n) is 12.7. The molecule has 6 nitrogen and oxygen atoms in total. The van der Waals surface area contributed by atoms with E-state index < -0.39 is 10.0 Å². The Labute approximate surface area is 139 Å². The highest BCUT2D eigenvalue weighted by molar-refractivity contribution is 7.91. The summed E-state index contributed by atoms with van der Waals surface area (Å²) in [6.45, 7) is 2.90. The highest BCUT2D eigenvalue weighted by Crippen LogP contribution is 2.22. The van der Waals surface area contributed by atoms with Gasteiger partial charge in [0, 0.05) is 24.0 Å². The first-order valence-electron chi connectivity index (χ1n) is 7.37. The summed E-state index contributed by atoms with van der Waals surface area (Å²) in [5.41, 5.74) is 0. The van der Waals surface area contributed by atoms with E-state index in [9.17, 15) is 13.2 Å². The van der Waals surface area contributed by atoms with E-state index in [2.05, 4.69) is 4.72 Å². The molecule has 2 aromatic heterocycles. The summed E-state index contributed by atoms with van der Waals surface area (Å²) in [4.78, 5) is 14.8. The van der Waals surface area contributed by atoms with Gasteiger partial charge >= 0.3 is 0 Å². The van der Waals surface area contributed by atoms with E-state index >= 15 is 0 Å². The van der Waals surface area contributed by atoms with Gasteiger partial charge in [-0.15, -0.1) is 11.3 Å². The summed E-state index contributed by atoms with van der Waals surface area (Å²) in [5, 5.41) is 0. The fourth-order valence-electron chi connectivity index (χ4n) is 2.59. The van der Waals surface area contributed by atoms with Gasteiger partial charge in [-0.1, -0.05) is 0 Å². The smallest absolute Gasteiger partial charge is 0.289 e. The molecule has 0 atom stereocenters. The van der Waals surface area contributed by atoms with Crippen molar-refractivity contribution in [1.82, 2.24) is 9.62 Å². The molecule has 2 aromatic rings. The van der Waals surface area contributed by atoms with Gasteiger partial charge in [-0.3, -0.25) is 4.79 Å².